The van der Waals surface area contributed by atoms with Gasteiger partial charge in [0.1, 0.15) is 24.2 Å². The van der Waals surface area contributed by atoms with Crippen molar-refractivity contribution in [2.24, 2.45) is 5.92 Å². The Labute approximate surface area is 308 Å². The van der Waals surface area contributed by atoms with E-state index in [1.54, 1.807) is 29.6 Å². The second-order valence-corrected chi connectivity index (χ2v) is 13.4. The average Bonchev–Trinajstić information content (AvgIpc) is 3.98. The number of rotatable bonds is 14. The van der Waals surface area contributed by atoms with Crippen LogP contribution in [0.5, 0.6) is 0 Å². The van der Waals surface area contributed by atoms with Crippen LogP contribution in [0.1, 0.15) is 57.7 Å². The van der Waals surface area contributed by atoms with Crippen LogP contribution in [0.4, 0.5) is 10.7 Å². The van der Waals surface area contributed by atoms with E-state index in [2.05, 4.69) is 76.7 Å². The van der Waals surface area contributed by atoms with E-state index in [0.29, 0.717) is 31.4 Å². The molecule has 2 aromatic carbocycles. The summed E-state index contributed by atoms with van der Waals surface area (Å²) in [7, 11) is 1.26. The number of methoxy groups -OCH3 is 1. The van der Waals surface area contributed by atoms with E-state index in [9.17, 15) is 14.4 Å². The van der Waals surface area contributed by atoms with E-state index in [1.165, 1.54) is 7.11 Å². The van der Waals surface area contributed by atoms with E-state index >= 15 is 0 Å². The number of imidazole rings is 2. The Bertz CT molecular complexity index is 1980. The number of likely N-dealkylation sites (tertiary alicyclic amines) is 1. The molecule has 0 saturated carbocycles. The lowest BCUT2D eigenvalue weighted by Gasteiger charge is -2.30. The summed E-state index contributed by atoms with van der Waals surface area (Å²) in [5, 5.41) is 5.68. The number of aromatic amines is 2. The molecule has 2 atom stereocenters. The smallest absolute Gasteiger partial charge is 0.407 e. The van der Waals surface area contributed by atoms with Gasteiger partial charge in [-0.3, -0.25) is 9.59 Å². The molecule has 3 aromatic heterocycles. The third kappa shape index (κ3) is 8.88. The van der Waals surface area contributed by atoms with Gasteiger partial charge >= 0.3 is 6.09 Å². The molecule has 5 aromatic rings. The second kappa shape index (κ2) is 17.0. The van der Waals surface area contributed by atoms with Gasteiger partial charge in [0.05, 0.1) is 43.5 Å². The summed E-state index contributed by atoms with van der Waals surface area (Å²) in [6, 6.07) is 17.7. The third-order valence-corrected chi connectivity index (χ3v) is 9.34. The van der Waals surface area contributed by atoms with Crippen molar-refractivity contribution in [1.29, 1.82) is 0 Å². The van der Waals surface area contributed by atoms with Crippen LogP contribution in [0.25, 0.3) is 33.6 Å². The van der Waals surface area contributed by atoms with Crippen molar-refractivity contribution in [3.05, 3.63) is 91.0 Å². The van der Waals surface area contributed by atoms with Crippen LogP contribution in [-0.2, 0) is 20.9 Å². The van der Waals surface area contributed by atoms with Crippen molar-refractivity contribution < 1.29 is 19.1 Å². The monoisotopic (exact) mass is 718 g/mol. The quantitative estimate of drug-likeness (QED) is 0.110. The summed E-state index contributed by atoms with van der Waals surface area (Å²) in [5.74, 6) is 1.73. The normalized spacial score (nSPS) is 14.6. The van der Waals surface area contributed by atoms with E-state index in [1.807, 2.05) is 44.0 Å². The number of nitrogens with zero attached hydrogens (tertiary/aromatic N) is 6. The highest BCUT2D eigenvalue weighted by Crippen LogP contribution is 2.33. The minimum Gasteiger partial charge on any atom is -0.453 e. The number of ether oxygens (including phenoxy) is 1. The van der Waals surface area contributed by atoms with Crippen LogP contribution >= 0.6 is 0 Å². The number of anilines is 1. The minimum absolute atomic E-state index is 0.0215. The molecule has 6 rings (SSSR count). The van der Waals surface area contributed by atoms with Gasteiger partial charge in [-0.25, -0.2) is 24.7 Å². The van der Waals surface area contributed by atoms with Crippen molar-refractivity contribution in [3.8, 4) is 33.6 Å². The Morgan fingerprint density at radius 2 is 1.53 bits per heavy atom. The number of amides is 3. The SMILES string of the molecule is CCCN(Cc1ncc(-c2ccc(-c3ccc(-c4cnc(C5CCCN5C(=O)C(Nc5ncccn5)C(C)C)[nH]4)cc3)cc2)[nH]1)C(=O)CNC(=O)OC. The Kier molecular flexibility index (Phi) is 11.8. The van der Waals surface area contributed by atoms with Gasteiger partial charge in [0.15, 0.2) is 0 Å². The predicted molar refractivity (Wildman–Crippen MR) is 201 cm³/mol. The number of carbonyl (C=O) groups excluding carboxylic acids is 3. The first-order chi connectivity index (χ1) is 25.7. The van der Waals surface area contributed by atoms with Crippen molar-refractivity contribution in [1.82, 2.24) is 45.0 Å². The van der Waals surface area contributed by atoms with Gasteiger partial charge in [-0.15, -0.1) is 0 Å². The van der Waals surface area contributed by atoms with Gasteiger partial charge < -0.3 is 35.1 Å². The van der Waals surface area contributed by atoms with E-state index in [4.69, 9.17) is 4.98 Å². The molecule has 3 amide bonds. The molecular formula is C39H46N10O4. The lowest BCUT2D eigenvalue weighted by molar-refractivity contribution is -0.134. The average molecular weight is 719 g/mol. The molecular weight excluding hydrogens is 672 g/mol. The molecule has 0 spiro atoms. The summed E-state index contributed by atoms with van der Waals surface area (Å²) in [6.07, 6.45) is 8.80. The van der Waals surface area contributed by atoms with Crippen molar-refractivity contribution >= 4 is 23.9 Å². The van der Waals surface area contributed by atoms with Gasteiger partial charge in [-0.2, -0.15) is 0 Å². The van der Waals surface area contributed by atoms with Crippen LogP contribution in [0, 0.1) is 5.92 Å². The first-order valence-electron chi connectivity index (χ1n) is 18.0. The number of carbonyl (C=O) groups is 3. The molecule has 1 fully saturated rings. The molecule has 276 valence electrons. The first kappa shape index (κ1) is 36.7. The summed E-state index contributed by atoms with van der Waals surface area (Å²) >= 11 is 0. The van der Waals surface area contributed by atoms with Gasteiger partial charge in [-0.05, 0) is 53.5 Å². The fourth-order valence-corrected chi connectivity index (χ4v) is 6.52. The zero-order valence-electron chi connectivity index (χ0n) is 30.5. The maximum atomic E-state index is 13.8. The lowest BCUT2D eigenvalue weighted by atomic mass is 10.0. The molecule has 0 aliphatic carbocycles. The maximum Gasteiger partial charge on any atom is 0.407 e. The number of benzene rings is 2. The second-order valence-electron chi connectivity index (χ2n) is 13.4. The van der Waals surface area contributed by atoms with Gasteiger partial charge in [0.25, 0.3) is 0 Å². The number of nitrogens with one attached hydrogen (secondary N) is 4. The summed E-state index contributed by atoms with van der Waals surface area (Å²) < 4.78 is 4.56. The molecule has 2 unspecified atom stereocenters. The standard InChI is InChI=1S/C39H46N10O4/c1-5-19-48(34(50)23-44-39(52)53-4)24-33-42-21-30(45-33)28-13-9-26(10-14-28)27-11-15-29(16-12-27)31-22-43-36(46-31)32-8-6-20-49(32)37(51)35(25(2)3)47-38-40-17-7-18-41-38/h7,9-18,21-22,25,32,35H,5-6,8,19-20,23-24H2,1-4H3,(H,42,45)(H,43,46)(H,44,52)(H,40,41,47). The van der Waals surface area contributed by atoms with Gasteiger partial charge in [0.2, 0.25) is 17.8 Å². The van der Waals surface area contributed by atoms with E-state index in [-0.39, 0.29) is 30.3 Å². The molecule has 4 N–H and O–H groups in total. The van der Waals surface area contributed by atoms with Crippen molar-refractivity contribution in [3.63, 3.8) is 0 Å². The highest BCUT2D eigenvalue weighted by molar-refractivity contribution is 5.85. The highest BCUT2D eigenvalue weighted by Gasteiger charge is 2.37. The van der Waals surface area contributed by atoms with Crippen LogP contribution < -0.4 is 10.6 Å². The fraction of sp³-hybridized carbons (Fsp3) is 0.359. The van der Waals surface area contributed by atoms with Gasteiger partial charge in [-0.1, -0.05) is 69.3 Å². The Morgan fingerprint density at radius 1 is 0.906 bits per heavy atom. The molecule has 0 bridgehead atoms. The molecule has 1 aliphatic heterocycles. The number of H-pyrrole nitrogens is 2. The highest BCUT2D eigenvalue weighted by atomic mass is 16.5. The van der Waals surface area contributed by atoms with Crippen LogP contribution in [0.15, 0.2) is 79.4 Å². The molecule has 4 heterocycles. The Hall–Kier alpha value is -6.05. The van der Waals surface area contributed by atoms with E-state index in [0.717, 1.165) is 58.7 Å². The molecule has 14 nitrogen and oxygen atoms in total. The summed E-state index contributed by atoms with van der Waals surface area (Å²) in [4.78, 5) is 66.0. The van der Waals surface area contributed by atoms with Crippen LogP contribution in [-0.4, -0.2) is 90.4 Å². The zero-order chi connectivity index (χ0) is 37.3. The zero-order valence-corrected chi connectivity index (χ0v) is 30.5. The number of hydrogen-bond acceptors (Lipinski definition) is 9. The molecule has 1 aliphatic rings. The molecule has 14 heteroatoms. The molecule has 0 radical (unpaired) electrons. The fourth-order valence-electron chi connectivity index (χ4n) is 6.52. The maximum absolute atomic E-state index is 13.8. The predicted octanol–water partition coefficient (Wildman–Crippen LogP) is 5.82. The number of aromatic nitrogens is 6. The number of hydrogen-bond donors (Lipinski definition) is 4. The largest absolute Gasteiger partial charge is 0.453 e. The van der Waals surface area contributed by atoms with Crippen LogP contribution in [0.2, 0.25) is 0 Å². The van der Waals surface area contributed by atoms with Gasteiger partial charge in [0, 0.05) is 25.5 Å². The van der Waals surface area contributed by atoms with E-state index < -0.39 is 12.1 Å². The Morgan fingerprint density at radius 3 is 2.15 bits per heavy atom. The first-order valence-corrected chi connectivity index (χ1v) is 18.0. The number of alkyl carbamates (subject to hydrolysis) is 1. The van der Waals surface area contributed by atoms with Crippen LogP contribution in [0.3, 0.4) is 0 Å². The van der Waals surface area contributed by atoms with Crippen molar-refractivity contribution in [2.75, 3.05) is 32.1 Å². The lowest BCUT2D eigenvalue weighted by Crippen LogP contribution is -2.45. The molecule has 53 heavy (non-hydrogen) atoms. The Balaban J connectivity index is 1.08. The third-order valence-electron chi connectivity index (χ3n) is 9.34. The van der Waals surface area contributed by atoms with Crippen molar-refractivity contribution in [2.45, 2.75) is 58.7 Å². The summed E-state index contributed by atoms with van der Waals surface area (Å²) in [5.41, 5.74) is 5.85. The summed E-state index contributed by atoms with van der Waals surface area (Å²) in [6.45, 7) is 7.40. The minimum atomic E-state index is -0.646. The molecule has 1 saturated heterocycles. The topological polar surface area (TPSA) is 174 Å².